The first-order chi connectivity index (χ1) is 9.56. The number of benzene rings is 1. The number of carbonyl (C=O) groups excluding carboxylic acids is 1. The van der Waals surface area contributed by atoms with Crippen LogP contribution in [0.1, 0.15) is 21.0 Å². The summed E-state index contributed by atoms with van der Waals surface area (Å²) < 4.78 is 5.17. The Morgan fingerprint density at radius 2 is 2.05 bits per heavy atom. The monoisotopic (exact) mass is 275 g/mol. The molecule has 1 aromatic heterocycles. The average Bonchev–Trinajstić information content (AvgIpc) is 2.95. The number of H-pyrrole nitrogens is 1. The molecule has 1 aromatic carbocycles. The zero-order chi connectivity index (χ0) is 14.7. The molecule has 20 heavy (non-hydrogen) atoms. The van der Waals surface area contributed by atoms with E-state index in [-0.39, 0.29) is 11.4 Å². The summed E-state index contributed by atoms with van der Waals surface area (Å²) in [6.07, 6.45) is 1.17. The Bertz CT molecular complexity index is 651. The van der Waals surface area contributed by atoms with Gasteiger partial charge in [-0.05, 0) is 12.1 Å². The van der Waals surface area contributed by atoms with E-state index in [2.05, 4.69) is 9.97 Å². The number of anilines is 1. The molecule has 0 aliphatic rings. The van der Waals surface area contributed by atoms with E-state index in [0.717, 1.165) is 0 Å². The first-order valence-corrected chi connectivity index (χ1v) is 5.74. The molecule has 7 heteroatoms. The van der Waals surface area contributed by atoms with Crippen molar-refractivity contribution in [3.63, 3.8) is 0 Å². The number of methoxy groups -OCH3 is 1. The summed E-state index contributed by atoms with van der Waals surface area (Å²) in [7, 11) is 3.02. The minimum atomic E-state index is -1.24. The van der Waals surface area contributed by atoms with Gasteiger partial charge in [0.2, 0.25) is 0 Å². The topological polar surface area (TPSA) is 95.5 Å². The molecule has 0 radical (unpaired) electrons. The largest absolute Gasteiger partial charge is 0.495 e. The van der Waals surface area contributed by atoms with Crippen LogP contribution in [0.3, 0.4) is 0 Å². The standard InChI is InChI=1S/C13H13N3O4/c1-16(8-5-3-4-6-9(8)20-2)12(17)10-11(13(18)19)15-7-14-10/h3-7H,1-2H3,(H,14,15)(H,18,19). The van der Waals surface area contributed by atoms with Crippen molar-refractivity contribution in [3.05, 3.63) is 42.0 Å². The van der Waals surface area contributed by atoms with Gasteiger partial charge in [-0.15, -0.1) is 0 Å². The lowest BCUT2D eigenvalue weighted by atomic mass is 10.2. The van der Waals surface area contributed by atoms with Gasteiger partial charge in [0.25, 0.3) is 5.91 Å². The van der Waals surface area contributed by atoms with Crippen molar-refractivity contribution in [2.45, 2.75) is 0 Å². The number of hydrogen-bond donors (Lipinski definition) is 2. The first kappa shape index (κ1) is 13.6. The molecule has 0 spiro atoms. The maximum atomic E-state index is 12.3. The van der Waals surface area contributed by atoms with Gasteiger partial charge in [-0.2, -0.15) is 0 Å². The maximum absolute atomic E-state index is 12.3. The molecular weight excluding hydrogens is 262 g/mol. The predicted octanol–water partition coefficient (Wildman–Crippen LogP) is 1.39. The maximum Gasteiger partial charge on any atom is 0.354 e. The Hall–Kier alpha value is -2.83. The lowest BCUT2D eigenvalue weighted by Crippen LogP contribution is -2.28. The number of rotatable bonds is 4. The van der Waals surface area contributed by atoms with Crippen molar-refractivity contribution in [1.82, 2.24) is 9.97 Å². The normalized spacial score (nSPS) is 10.1. The summed E-state index contributed by atoms with van der Waals surface area (Å²) in [6.45, 7) is 0. The Kier molecular flexibility index (Phi) is 3.69. The van der Waals surface area contributed by atoms with Gasteiger partial charge in [0, 0.05) is 7.05 Å². The second kappa shape index (κ2) is 5.43. The highest BCUT2D eigenvalue weighted by Crippen LogP contribution is 2.27. The number of ether oxygens (including phenoxy) is 1. The Morgan fingerprint density at radius 3 is 2.70 bits per heavy atom. The molecule has 7 nitrogen and oxygen atoms in total. The molecule has 1 amide bonds. The Labute approximate surface area is 114 Å². The van der Waals surface area contributed by atoms with E-state index in [1.54, 1.807) is 24.3 Å². The van der Waals surface area contributed by atoms with Gasteiger partial charge in [0.05, 0.1) is 19.1 Å². The Balaban J connectivity index is 2.38. The molecule has 0 aliphatic heterocycles. The van der Waals surface area contributed by atoms with Crippen molar-refractivity contribution in [2.75, 3.05) is 19.1 Å². The third-order valence-corrected chi connectivity index (χ3v) is 2.81. The number of aromatic nitrogens is 2. The van der Waals surface area contributed by atoms with Crippen LogP contribution in [0.5, 0.6) is 5.75 Å². The number of para-hydroxylation sites is 2. The molecular formula is C13H13N3O4. The van der Waals surface area contributed by atoms with Gasteiger partial charge in [-0.3, -0.25) is 4.79 Å². The quantitative estimate of drug-likeness (QED) is 0.879. The van der Waals surface area contributed by atoms with E-state index < -0.39 is 11.9 Å². The minimum absolute atomic E-state index is 0.147. The zero-order valence-electron chi connectivity index (χ0n) is 11.0. The van der Waals surface area contributed by atoms with Crippen molar-refractivity contribution < 1.29 is 19.4 Å². The van der Waals surface area contributed by atoms with Crippen molar-refractivity contribution in [2.24, 2.45) is 0 Å². The van der Waals surface area contributed by atoms with E-state index >= 15 is 0 Å². The zero-order valence-corrected chi connectivity index (χ0v) is 11.0. The highest BCUT2D eigenvalue weighted by Gasteiger charge is 2.24. The summed E-state index contributed by atoms with van der Waals surface area (Å²) in [5, 5.41) is 8.99. The van der Waals surface area contributed by atoms with Crippen molar-refractivity contribution in [3.8, 4) is 5.75 Å². The van der Waals surface area contributed by atoms with Crippen LogP contribution in [0.15, 0.2) is 30.6 Å². The van der Waals surface area contributed by atoms with Gasteiger partial charge in [-0.25, -0.2) is 9.78 Å². The molecule has 0 bridgehead atoms. The van der Waals surface area contributed by atoms with Crippen LogP contribution in [0, 0.1) is 0 Å². The lowest BCUT2D eigenvalue weighted by Gasteiger charge is -2.19. The van der Waals surface area contributed by atoms with E-state index in [0.29, 0.717) is 11.4 Å². The highest BCUT2D eigenvalue weighted by molar-refractivity contribution is 6.10. The minimum Gasteiger partial charge on any atom is -0.495 e. The molecule has 2 aromatic rings. The SMILES string of the molecule is COc1ccccc1N(C)C(=O)c1nc[nH]c1C(=O)O. The molecule has 0 saturated heterocycles. The fraction of sp³-hybridized carbons (Fsp3) is 0.154. The molecule has 2 rings (SSSR count). The molecule has 0 saturated carbocycles. The van der Waals surface area contributed by atoms with Crippen LogP contribution in [0.2, 0.25) is 0 Å². The van der Waals surface area contributed by atoms with Gasteiger partial charge in [-0.1, -0.05) is 12.1 Å². The van der Waals surface area contributed by atoms with Crippen LogP contribution in [0.4, 0.5) is 5.69 Å². The van der Waals surface area contributed by atoms with E-state index in [1.165, 1.54) is 25.4 Å². The summed E-state index contributed by atoms with van der Waals surface area (Å²) in [5.41, 5.74) is 0.141. The second-order valence-corrected chi connectivity index (χ2v) is 3.97. The molecule has 0 aliphatic carbocycles. The number of carboxylic acids is 1. The fourth-order valence-electron chi connectivity index (χ4n) is 1.79. The van der Waals surface area contributed by atoms with Crippen LogP contribution >= 0.6 is 0 Å². The fourth-order valence-corrected chi connectivity index (χ4v) is 1.79. The number of nitrogens with one attached hydrogen (secondary N) is 1. The average molecular weight is 275 g/mol. The summed E-state index contributed by atoms with van der Waals surface area (Å²) in [4.78, 5) is 30.8. The van der Waals surface area contributed by atoms with E-state index in [9.17, 15) is 9.59 Å². The summed E-state index contributed by atoms with van der Waals surface area (Å²) in [6, 6.07) is 6.94. The molecule has 104 valence electrons. The van der Waals surface area contributed by atoms with Gasteiger partial charge in [0.1, 0.15) is 5.75 Å². The molecule has 1 heterocycles. The van der Waals surface area contributed by atoms with Crippen molar-refractivity contribution >= 4 is 17.6 Å². The molecule has 2 N–H and O–H groups in total. The third-order valence-electron chi connectivity index (χ3n) is 2.81. The molecule has 0 fully saturated rings. The molecule has 0 unspecified atom stereocenters. The summed E-state index contributed by atoms with van der Waals surface area (Å²) >= 11 is 0. The van der Waals surface area contributed by atoms with Crippen LogP contribution in [0.25, 0.3) is 0 Å². The molecule has 0 atom stereocenters. The highest BCUT2D eigenvalue weighted by atomic mass is 16.5. The number of carboxylic acid groups (broad SMARTS) is 1. The smallest absolute Gasteiger partial charge is 0.354 e. The summed E-state index contributed by atoms with van der Waals surface area (Å²) in [5.74, 6) is -1.26. The number of aromatic amines is 1. The van der Waals surface area contributed by atoms with Crippen molar-refractivity contribution in [1.29, 1.82) is 0 Å². The number of carbonyl (C=O) groups is 2. The van der Waals surface area contributed by atoms with Crippen LogP contribution in [-0.4, -0.2) is 41.1 Å². The van der Waals surface area contributed by atoms with E-state index in [4.69, 9.17) is 9.84 Å². The number of aromatic carboxylic acids is 1. The van der Waals surface area contributed by atoms with Crippen LogP contribution < -0.4 is 9.64 Å². The Morgan fingerprint density at radius 1 is 1.35 bits per heavy atom. The number of nitrogens with zero attached hydrogens (tertiary/aromatic N) is 2. The van der Waals surface area contributed by atoms with Gasteiger partial charge < -0.3 is 19.7 Å². The number of imidazole rings is 1. The number of amides is 1. The first-order valence-electron chi connectivity index (χ1n) is 5.74. The number of hydrogen-bond acceptors (Lipinski definition) is 4. The van der Waals surface area contributed by atoms with Crippen LogP contribution in [-0.2, 0) is 0 Å². The second-order valence-electron chi connectivity index (χ2n) is 3.97. The van der Waals surface area contributed by atoms with Gasteiger partial charge in [0.15, 0.2) is 11.4 Å². The predicted molar refractivity (Wildman–Crippen MR) is 71.3 cm³/mol. The van der Waals surface area contributed by atoms with E-state index in [1.807, 2.05) is 0 Å². The lowest BCUT2D eigenvalue weighted by molar-refractivity contribution is 0.0686. The third kappa shape index (κ3) is 2.33. The van der Waals surface area contributed by atoms with Gasteiger partial charge >= 0.3 is 5.97 Å².